The number of rotatable bonds is 1. The number of fused-ring (bicyclic) bond motifs is 1. The number of pyridine rings is 1. The highest BCUT2D eigenvalue weighted by molar-refractivity contribution is 6.36. The Bertz CT molecular complexity index is 854. The molecule has 0 aliphatic rings. The fourth-order valence-corrected chi connectivity index (χ4v) is 2.51. The first-order valence-corrected chi connectivity index (χ1v) is 6.41. The summed E-state index contributed by atoms with van der Waals surface area (Å²) >= 11 is 11.9. The monoisotopic (exact) mass is 331 g/mol. The smallest absolute Gasteiger partial charge is 0.194 e. The Morgan fingerprint density at radius 2 is 1.67 bits per heavy atom. The van der Waals surface area contributed by atoms with Gasteiger partial charge < -0.3 is 5.73 Å². The van der Waals surface area contributed by atoms with Crippen molar-refractivity contribution >= 4 is 34.7 Å². The molecule has 2 heterocycles. The van der Waals surface area contributed by atoms with E-state index in [-0.39, 0.29) is 27.7 Å². The van der Waals surface area contributed by atoms with Crippen molar-refractivity contribution < 1.29 is 13.2 Å². The molecule has 2 aromatic heterocycles. The maximum Gasteiger partial charge on any atom is 0.194 e. The summed E-state index contributed by atoms with van der Waals surface area (Å²) in [6, 6.07) is 3.08. The van der Waals surface area contributed by atoms with Gasteiger partial charge in [-0.2, -0.15) is 0 Å². The van der Waals surface area contributed by atoms with Gasteiger partial charge in [-0.25, -0.2) is 18.2 Å². The van der Waals surface area contributed by atoms with Crippen molar-refractivity contribution in [1.29, 1.82) is 0 Å². The molecule has 0 amide bonds. The lowest BCUT2D eigenvalue weighted by atomic mass is 10.1. The van der Waals surface area contributed by atoms with Crippen LogP contribution < -0.4 is 5.73 Å². The normalized spacial score (nSPS) is 11.3. The number of halogens is 5. The number of nitrogens with two attached hydrogens (primary N) is 1. The Kier molecular flexibility index (Phi) is 3.22. The summed E-state index contributed by atoms with van der Waals surface area (Å²) in [6.07, 6.45) is 1.46. The number of hydrogen-bond acceptors (Lipinski definition) is 2. The average Bonchev–Trinajstić information content (AvgIpc) is 2.74. The third kappa shape index (κ3) is 2.20. The number of benzene rings is 1. The highest BCUT2D eigenvalue weighted by atomic mass is 35.5. The van der Waals surface area contributed by atoms with Crippen LogP contribution in [0.3, 0.4) is 0 Å². The van der Waals surface area contributed by atoms with Gasteiger partial charge in [-0.05, 0) is 18.2 Å². The van der Waals surface area contributed by atoms with E-state index in [0.717, 1.165) is 12.1 Å². The van der Waals surface area contributed by atoms with Crippen LogP contribution in [0.2, 0.25) is 10.0 Å². The molecule has 3 rings (SSSR count). The molecular formula is C13H6Cl2F3N3. The van der Waals surface area contributed by atoms with E-state index in [4.69, 9.17) is 28.9 Å². The molecule has 0 fully saturated rings. The van der Waals surface area contributed by atoms with Crippen LogP contribution in [0.25, 0.3) is 16.9 Å². The highest BCUT2D eigenvalue weighted by Gasteiger charge is 2.18. The van der Waals surface area contributed by atoms with E-state index in [1.807, 2.05) is 0 Å². The van der Waals surface area contributed by atoms with Crippen LogP contribution in [0.5, 0.6) is 0 Å². The fourth-order valence-electron chi connectivity index (χ4n) is 2.00. The molecule has 0 aliphatic heterocycles. The molecule has 0 aliphatic carbocycles. The summed E-state index contributed by atoms with van der Waals surface area (Å²) in [4.78, 5) is 4.13. The number of hydrogen-bond donors (Lipinski definition) is 1. The topological polar surface area (TPSA) is 43.3 Å². The molecule has 0 unspecified atom stereocenters. The first-order chi connectivity index (χ1) is 9.88. The molecule has 0 bridgehead atoms. The van der Waals surface area contributed by atoms with E-state index < -0.39 is 17.5 Å². The minimum atomic E-state index is -1.55. The van der Waals surface area contributed by atoms with E-state index in [1.165, 1.54) is 16.7 Å². The highest BCUT2D eigenvalue weighted by Crippen LogP contribution is 2.32. The summed E-state index contributed by atoms with van der Waals surface area (Å²) in [5, 5.41) is 0.545. The lowest BCUT2D eigenvalue weighted by Crippen LogP contribution is -1.96. The molecule has 0 spiro atoms. The third-order valence-electron chi connectivity index (χ3n) is 2.94. The number of anilines is 1. The van der Waals surface area contributed by atoms with Crippen molar-refractivity contribution in [2.24, 2.45) is 0 Å². The van der Waals surface area contributed by atoms with Crippen LogP contribution in [0.4, 0.5) is 19.0 Å². The molecule has 2 N–H and O–H groups in total. The summed E-state index contributed by atoms with van der Waals surface area (Å²) in [7, 11) is 0. The molecule has 1 aromatic carbocycles. The third-order valence-corrected chi connectivity index (χ3v) is 3.42. The average molecular weight is 332 g/mol. The van der Waals surface area contributed by atoms with Crippen LogP contribution in [-0.2, 0) is 0 Å². The number of aromatic nitrogens is 2. The largest absolute Gasteiger partial charge is 0.383 e. The standard InChI is InChI=1S/C13H6Cl2F3N3/c14-6-3-7(15)13-20-11(12(19)21(13)4-6)5-1-8(16)10(18)9(17)2-5/h1-4H,19H2. The molecule has 0 radical (unpaired) electrons. The van der Waals surface area contributed by atoms with E-state index in [9.17, 15) is 13.2 Å². The quantitative estimate of drug-likeness (QED) is 0.675. The molecule has 8 heteroatoms. The van der Waals surface area contributed by atoms with Crippen LogP contribution >= 0.6 is 23.2 Å². The van der Waals surface area contributed by atoms with Gasteiger partial charge in [0.2, 0.25) is 0 Å². The first-order valence-electron chi connectivity index (χ1n) is 5.66. The van der Waals surface area contributed by atoms with E-state index >= 15 is 0 Å². The van der Waals surface area contributed by atoms with Crippen molar-refractivity contribution in [1.82, 2.24) is 9.38 Å². The maximum absolute atomic E-state index is 13.3. The van der Waals surface area contributed by atoms with E-state index in [1.54, 1.807) is 0 Å². The lowest BCUT2D eigenvalue weighted by molar-refractivity contribution is 0.447. The minimum absolute atomic E-state index is 0.000195. The van der Waals surface area contributed by atoms with Crippen LogP contribution in [0.15, 0.2) is 24.4 Å². The molecule has 21 heavy (non-hydrogen) atoms. The molecule has 0 saturated carbocycles. The summed E-state index contributed by atoms with van der Waals surface area (Å²) in [6.45, 7) is 0. The van der Waals surface area contributed by atoms with Gasteiger partial charge in [-0.3, -0.25) is 4.40 Å². The lowest BCUT2D eigenvalue weighted by Gasteiger charge is -2.02. The second-order valence-electron chi connectivity index (χ2n) is 4.30. The minimum Gasteiger partial charge on any atom is -0.383 e. The Morgan fingerprint density at radius 3 is 2.29 bits per heavy atom. The van der Waals surface area contributed by atoms with Gasteiger partial charge in [0.25, 0.3) is 0 Å². The molecule has 0 atom stereocenters. The zero-order valence-electron chi connectivity index (χ0n) is 10.2. The Hall–Kier alpha value is -1.92. The van der Waals surface area contributed by atoms with E-state index in [2.05, 4.69) is 4.98 Å². The van der Waals surface area contributed by atoms with Crippen molar-refractivity contribution in [3.05, 3.63) is 51.9 Å². The number of imidazole rings is 1. The molecule has 108 valence electrons. The van der Waals surface area contributed by atoms with Crippen molar-refractivity contribution in [2.75, 3.05) is 5.73 Å². The van der Waals surface area contributed by atoms with Crippen molar-refractivity contribution in [2.45, 2.75) is 0 Å². The Balaban J connectivity index is 2.31. The van der Waals surface area contributed by atoms with Gasteiger partial charge in [-0.1, -0.05) is 23.2 Å². The SMILES string of the molecule is Nc1c(-c2cc(F)c(F)c(F)c2)nc2c(Cl)cc(Cl)cn12. The second-order valence-corrected chi connectivity index (χ2v) is 5.14. The van der Waals surface area contributed by atoms with Gasteiger partial charge in [-0.15, -0.1) is 0 Å². The fraction of sp³-hybridized carbons (Fsp3) is 0. The van der Waals surface area contributed by atoms with Crippen molar-refractivity contribution in [3.63, 3.8) is 0 Å². The van der Waals surface area contributed by atoms with E-state index in [0.29, 0.717) is 5.02 Å². The van der Waals surface area contributed by atoms with Gasteiger partial charge in [0.1, 0.15) is 11.5 Å². The zero-order chi connectivity index (χ0) is 15.3. The van der Waals surface area contributed by atoms with Gasteiger partial charge >= 0.3 is 0 Å². The summed E-state index contributed by atoms with van der Waals surface area (Å²) in [5.74, 6) is -4.13. The molecular weight excluding hydrogens is 326 g/mol. The van der Waals surface area contributed by atoms with Crippen molar-refractivity contribution in [3.8, 4) is 11.3 Å². The van der Waals surface area contributed by atoms with Crippen LogP contribution in [-0.4, -0.2) is 9.38 Å². The zero-order valence-corrected chi connectivity index (χ0v) is 11.7. The summed E-state index contributed by atoms with van der Waals surface area (Å²) < 4.78 is 41.0. The number of nitrogen functional groups attached to an aromatic ring is 1. The van der Waals surface area contributed by atoms with Crippen LogP contribution in [0, 0.1) is 17.5 Å². The Labute approximate surface area is 126 Å². The van der Waals surface area contributed by atoms with Gasteiger partial charge in [0.05, 0.1) is 10.0 Å². The molecule has 3 nitrogen and oxygen atoms in total. The predicted molar refractivity (Wildman–Crippen MR) is 74.9 cm³/mol. The van der Waals surface area contributed by atoms with Crippen LogP contribution in [0.1, 0.15) is 0 Å². The second kappa shape index (κ2) is 4.82. The van der Waals surface area contributed by atoms with Gasteiger partial charge in [0.15, 0.2) is 23.1 Å². The predicted octanol–water partition coefficient (Wildman–Crippen LogP) is 4.31. The first kappa shape index (κ1) is 14.0. The van der Waals surface area contributed by atoms with Gasteiger partial charge in [0, 0.05) is 11.8 Å². The molecule has 3 aromatic rings. The number of nitrogens with zero attached hydrogens (tertiary/aromatic N) is 2. The molecule has 0 saturated heterocycles. The maximum atomic E-state index is 13.3. The Morgan fingerprint density at radius 1 is 1.05 bits per heavy atom. The summed E-state index contributed by atoms with van der Waals surface area (Å²) in [5.41, 5.74) is 6.25.